The lowest BCUT2D eigenvalue weighted by Crippen LogP contribution is -2.93. The van der Waals surface area contributed by atoms with Crippen LogP contribution in [0.25, 0.3) is 0 Å². The van der Waals surface area contributed by atoms with Gasteiger partial charge in [-0.05, 0) is 18.4 Å². The van der Waals surface area contributed by atoms with Gasteiger partial charge in [-0.25, -0.2) is 4.79 Å². The molecule has 0 aliphatic carbocycles. The van der Waals surface area contributed by atoms with Crippen molar-refractivity contribution < 1.29 is 14.9 Å². The second-order valence-corrected chi connectivity index (χ2v) is 6.64. The lowest BCUT2D eigenvalue weighted by Gasteiger charge is -2.23. The van der Waals surface area contributed by atoms with Crippen LogP contribution in [0.5, 0.6) is 0 Å². The summed E-state index contributed by atoms with van der Waals surface area (Å²) in [6.07, 6.45) is 0. The Morgan fingerprint density at radius 1 is 0.957 bits per heavy atom. The van der Waals surface area contributed by atoms with Crippen LogP contribution < -0.4 is 16.0 Å². The van der Waals surface area contributed by atoms with E-state index in [4.69, 9.17) is 0 Å². The van der Waals surface area contributed by atoms with Crippen molar-refractivity contribution in [2.24, 2.45) is 5.92 Å². The van der Waals surface area contributed by atoms with Gasteiger partial charge in [0.1, 0.15) is 6.04 Å². The van der Waals surface area contributed by atoms with Crippen molar-refractivity contribution in [2.45, 2.75) is 52.6 Å². The maximum atomic E-state index is 12.0. The Kier molecular flexibility index (Phi) is 7.23. The predicted molar refractivity (Wildman–Crippen MR) is 92.1 cm³/mol. The first-order valence-electron chi connectivity index (χ1n) is 8.23. The third-order valence-electron chi connectivity index (χ3n) is 4.08. The standard InChI is InChI=1S/C18H29N3O2/c1-11(2)14-7-9-15(10-8-14)16(12(3)4)20-13(5)17(22)21-18(23)19-6/h7-13,16,20H,1-6H3,(H2,19,21,22,23)/p+1/t13-,16-/m0/s1. The van der Waals surface area contributed by atoms with Gasteiger partial charge in [0, 0.05) is 18.5 Å². The van der Waals surface area contributed by atoms with Crippen LogP contribution >= 0.6 is 0 Å². The number of nitrogens with two attached hydrogens (primary N) is 1. The molecule has 0 saturated carbocycles. The summed E-state index contributed by atoms with van der Waals surface area (Å²) in [4.78, 5) is 23.3. The molecule has 1 rings (SSSR count). The van der Waals surface area contributed by atoms with Gasteiger partial charge in [0.15, 0.2) is 6.04 Å². The molecular weight excluding hydrogens is 290 g/mol. The molecule has 0 aromatic heterocycles. The van der Waals surface area contributed by atoms with Crippen molar-refractivity contribution in [2.75, 3.05) is 7.05 Å². The Labute approximate surface area is 139 Å². The van der Waals surface area contributed by atoms with E-state index in [1.165, 1.54) is 18.2 Å². The Bertz CT molecular complexity index is 524. The number of rotatable bonds is 6. The summed E-state index contributed by atoms with van der Waals surface area (Å²) >= 11 is 0. The topological polar surface area (TPSA) is 74.8 Å². The van der Waals surface area contributed by atoms with Gasteiger partial charge in [-0.3, -0.25) is 10.1 Å². The average Bonchev–Trinajstić information content (AvgIpc) is 2.51. The Hall–Kier alpha value is -1.88. The van der Waals surface area contributed by atoms with Gasteiger partial charge in [0.05, 0.1) is 0 Å². The fraction of sp³-hybridized carbons (Fsp3) is 0.556. The molecule has 0 aliphatic rings. The molecule has 0 heterocycles. The van der Waals surface area contributed by atoms with Crippen molar-refractivity contribution in [3.05, 3.63) is 35.4 Å². The molecule has 2 atom stereocenters. The molecule has 0 spiro atoms. The van der Waals surface area contributed by atoms with E-state index in [0.717, 1.165) is 0 Å². The molecular formula is C18H30N3O2+. The van der Waals surface area contributed by atoms with Gasteiger partial charge in [0.25, 0.3) is 5.91 Å². The first-order chi connectivity index (χ1) is 10.8. The summed E-state index contributed by atoms with van der Waals surface area (Å²) < 4.78 is 0. The van der Waals surface area contributed by atoms with Gasteiger partial charge in [-0.1, -0.05) is 52.0 Å². The van der Waals surface area contributed by atoms with Crippen LogP contribution in [0.15, 0.2) is 24.3 Å². The number of urea groups is 1. The number of nitrogens with one attached hydrogen (secondary N) is 2. The quantitative estimate of drug-likeness (QED) is 0.749. The number of quaternary nitrogens is 1. The summed E-state index contributed by atoms with van der Waals surface area (Å²) in [5, 5.41) is 6.74. The number of hydrogen-bond donors (Lipinski definition) is 3. The van der Waals surface area contributed by atoms with E-state index in [-0.39, 0.29) is 18.0 Å². The fourth-order valence-electron chi connectivity index (χ4n) is 2.51. The minimum atomic E-state index is -0.474. The lowest BCUT2D eigenvalue weighted by molar-refractivity contribution is -0.719. The summed E-state index contributed by atoms with van der Waals surface area (Å²) in [5.74, 6) is 0.590. The molecule has 0 aliphatic heterocycles. The Morgan fingerprint density at radius 2 is 1.48 bits per heavy atom. The van der Waals surface area contributed by atoms with Crippen molar-refractivity contribution >= 4 is 11.9 Å². The molecule has 4 N–H and O–H groups in total. The van der Waals surface area contributed by atoms with Crippen LogP contribution in [0.3, 0.4) is 0 Å². The average molecular weight is 320 g/mol. The van der Waals surface area contributed by atoms with Gasteiger partial charge in [-0.2, -0.15) is 0 Å². The molecule has 0 unspecified atom stereocenters. The van der Waals surface area contributed by atoms with Gasteiger partial charge >= 0.3 is 6.03 Å². The second kappa shape index (κ2) is 8.67. The van der Waals surface area contributed by atoms with Crippen molar-refractivity contribution in [3.8, 4) is 0 Å². The summed E-state index contributed by atoms with van der Waals surface area (Å²) in [7, 11) is 1.49. The fourth-order valence-corrected chi connectivity index (χ4v) is 2.51. The van der Waals surface area contributed by atoms with E-state index in [1.54, 1.807) is 0 Å². The molecule has 5 nitrogen and oxygen atoms in total. The first kappa shape index (κ1) is 19.2. The second-order valence-electron chi connectivity index (χ2n) is 6.64. The zero-order valence-electron chi connectivity index (χ0n) is 15.0. The van der Waals surface area contributed by atoms with E-state index >= 15 is 0 Å². The van der Waals surface area contributed by atoms with E-state index in [9.17, 15) is 9.59 Å². The Balaban J connectivity index is 2.82. The molecule has 0 fully saturated rings. The van der Waals surface area contributed by atoms with Gasteiger partial charge < -0.3 is 10.6 Å². The van der Waals surface area contributed by atoms with Crippen molar-refractivity contribution in [1.82, 2.24) is 10.6 Å². The molecule has 1 aromatic carbocycles. The zero-order valence-corrected chi connectivity index (χ0v) is 15.0. The van der Waals surface area contributed by atoms with Gasteiger partial charge in [-0.15, -0.1) is 0 Å². The molecule has 0 bridgehead atoms. The Morgan fingerprint density at radius 3 is 1.91 bits per heavy atom. The van der Waals surface area contributed by atoms with Crippen LogP contribution in [0.4, 0.5) is 4.79 Å². The third-order valence-corrected chi connectivity index (χ3v) is 4.08. The number of carbonyl (C=O) groups excluding carboxylic acids is 2. The zero-order chi connectivity index (χ0) is 17.6. The van der Waals surface area contributed by atoms with Crippen molar-refractivity contribution in [3.63, 3.8) is 0 Å². The largest absolute Gasteiger partial charge is 0.341 e. The molecule has 0 radical (unpaired) electrons. The van der Waals surface area contributed by atoms with E-state index in [2.05, 4.69) is 62.6 Å². The summed E-state index contributed by atoms with van der Waals surface area (Å²) in [6, 6.07) is 7.93. The van der Waals surface area contributed by atoms with E-state index in [1.807, 2.05) is 12.2 Å². The van der Waals surface area contributed by atoms with Crippen LogP contribution in [0.2, 0.25) is 0 Å². The summed E-state index contributed by atoms with van der Waals surface area (Å²) in [6.45, 7) is 10.4. The molecule has 23 heavy (non-hydrogen) atoms. The minimum absolute atomic E-state index is 0.168. The number of amides is 3. The normalized spacial score (nSPS) is 13.7. The van der Waals surface area contributed by atoms with Gasteiger partial charge in [0.2, 0.25) is 0 Å². The van der Waals surface area contributed by atoms with Crippen molar-refractivity contribution in [1.29, 1.82) is 0 Å². The SMILES string of the molecule is CNC(=O)NC(=O)[C@H](C)[NH2+][C@H](c1ccc(C(C)C)cc1)C(C)C. The lowest BCUT2D eigenvalue weighted by atomic mass is 9.93. The summed E-state index contributed by atoms with van der Waals surface area (Å²) in [5.41, 5.74) is 2.51. The monoisotopic (exact) mass is 320 g/mol. The van der Waals surface area contributed by atoms with Crippen LogP contribution in [0.1, 0.15) is 57.7 Å². The highest BCUT2D eigenvalue weighted by Gasteiger charge is 2.26. The number of hydrogen-bond acceptors (Lipinski definition) is 2. The molecule has 3 amide bonds. The number of imide groups is 1. The minimum Gasteiger partial charge on any atom is -0.341 e. The van der Waals surface area contributed by atoms with Crippen LogP contribution in [-0.2, 0) is 4.79 Å². The number of benzene rings is 1. The maximum absolute atomic E-state index is 12.0. The first-order valence-corrected chi connectivity index (χ1v) is 8.23. The molecule has 5 heteroatoms. The van der Waals surface area contributed by atoms with Crippen LogP contribution in [-0.4, -0.2) is 25.0 Å². The molecule has 0 saturated heterocycles. The highest BCUT2D eigenvalue weighted by molar-refractivity contribution is 5.95. The molecule has 128 valence electrons. The van der Waals surface area contributed by atoms with Crippen LogP contribution in [0, 0.1) is 5.92 Å². The number of carbonyl (C=O) groups is 2. The maximum Gasteiger partial charge on any atom is 0.321 e. The van der Waals surface area contributed by atoms with E-state index in [0.29, 0.717) is 11.8 Å². The highest BCUT2D eigenvalue weighted by atomic mass is 16.2. The third kappa shape index (κ3) is 5.67. The molecule has 1 aromatic rings. The van der Waals surface area contributed by atoms with E-state index < -0.39 is 6.03 Å². The smallest absolute Gasteiger partial charge is 0.321 e. The predicted octanol–water partition coefficient (Wildman–Crippen LogP) is 1.91. The highest BCUT2D eigenvalue weighted by Crippen LogP contribution is 2.21.